The fourth-order valence-corrected chi connectivity index (χ4v) is 21.1. The minimum absolute atomic E-state index is 0.108. The molecule has 0 radical (unpaired) electrons. The van der Waals surface area contributed by atoms with Crippen molar-refractivity contribution in [3.63, 3.8) is 0 Å². The van der Waals surface area contributed by atoms with Crippen LogP contribution in [0.1, 0.15) is 70.4 Å². The number of phenols is 1. The van der Waals surface area contributed by atoms with Gasteiger partial charge in [0.2, 0.25) is 0 Å². The summed E-state index contributed by atoms with van der Waals surface area (Å²) in [7, 11) is 0. The molecular weight excluding hydrogens is 588 g/mol. The Morgan fingerprint density at radius 1 is 0.842 bits per heavy atom. The number of ether oxygens (including phenoxy) is 3. The predicted molar refractivity (Wildman–Crippen MR) is 158 cm³/mol. The van der Waals surface area contributed by atoms with E-state index in [4.69, 9.17) is 19.2 Å². The van der Waals surface area contributed by atoms with Crippen LogP contribution in [0, 0.1) is 0 Å². The zero-order valence-corrected chi connectivity index (χ0v) is 26.6. The van der Waals surface area contributed by atoms with Crippen molar-refractivity contribution < 1.29 is 23.7 Å². The van der Waals surface area contributed by atoms with E-state index in [2.05, 4.69) is 33.4 Å². The molecule has 212 valence electrons. The van der Waals surface area contributed by atoms with Crippen LogP contribution in [0.4, 0.5) is 4.39 Å². The number of halogens is 1. The van der Waals surface area contributed by atoms with Crippen LogP contribution < -0.4 is 8.32 Å². The first-order valence-corrected chi connectivity index (χ1v) is 21.8. The number of hydrogen-bond donors (Lipinski definition) is 1. The first kappa shape index (κ1) is 32.6. The summed E-state index contributed by atoms with van der Waals surface area (Å²) in [6.07, 6.45) is 9.18. The molecule has 0 aliphatic rings. The van der Waals surface area contributed by atoms with Crippen molar-refractivity contribution in [2.45, 2.75) is 72.6 Å². The number of aromatic hydroxyl groups is 1. The molecule has 0 amide bonds. The van der Waals surface area contributed by atoms with Crippen molar-refractivity contribution in [2.75, 3.05) is 39.7 Å². The molecule has 2 rings (SSSR count). The molecule has 0 aliphatic carbocycles. The van der Waals surface area contributed by atoms with Gasteiger partial charge in [0.1, 0.15) is 0 Å². The van der Waals surface area contributed by atoms with E-state index in [9.17, 15) is 9.50 Å². The van der Waals surface area contributed by atoms with Crippen LogP contribution in [-0.2, 0) is 9.47 Å². The van der Waals surface area contributed by atoms with E-state index in [0.717, 1.165) is 22.6 Å². The average Bonchev–Trinajstić information content (AvgIpc) is 2.94. The molecule has 0 saturated carbocycles. The molecule has 0 aliphatic heterocycles. The molecular formula is C31H48FNO4Sn. The Kier molecular flexibility index (Phi) is 16.0. The summed E-state index contributed by atoms with van der Waals surface area (Å²) in [5, 5.41) is 9.74. The molecule has 1 aromatic heterocycles. The van der Waals surface area contributed by atoms with Gasteiger partial charge in [-0.1, -0.05) is 0 Å². The second-order valence-electron chi connectivity index (χ2n) is 9.96. The van der Waals surface area contributed by atoms with Crippen molar-refractivity contribution >= 4 is 27.5 Å². The van der Waals surface area contributed by atoms with Gasteiger partial charge in [0.25, 0.3) is 0 Å². The van der Waals surface area contributed by atoms with E-state index in [1.54, 1.807) is 12.1 Å². The van der Waals surface area contributed by atoms with Crippen molar-refractivity contribution in [3.8, 4) is 11.6 Å². The number of rotatable bonds is 21. The maximum absolute atomic E-state index is 12.2. The van der Waals surface area contributed by atoms with Crippen molar-refractivity contribution in [2.24, 2.45) is 0 Å². The van der Waals surface area contributed by atoms with Crippen molar-refractivity contribution in [1.82, 2.24) is 4.98 Å². The number of phenolic OH excluding ortho intramolecular Hbond substituents is 1. The van der Waals surface area contributed by atoms with Crippen LogP contribution in [0.2, 0.25) is 13.3 Å². The monoisotopic (exact) mass is 637 g/mol. The fourth-order valence-electron chi connectivity index (χ4n) is 4.84. The third-order valence-corrected chi connectivity index (χ3v) is 22.6. The second-order valence-corrected chi connectivity index (χ2v) is 23.1. The van der Waals surface area contributed by atoms with E-state index in [0.29, 0.717) is 26.4 Å². The van der Waals surface area contributed by atoms with E-state index in [1.165, 1.54) is 55.4 Å². The summed E-state index contributed by atoms with van der Waals surface area (Å²) in [5.41, 5.74) is 2.90. The number of benzene rings is 1. The molecule has 1 heterocycles. The van der Waals surface area contributed by atoms with Gasteiger partial charge in [0.05, 0.1) is 0 Å². The SMILES string of the molecule is C=C(c1ccc(O)cc1)c1cnc(OCCOCCOCCF)[c]([Sn]([CH2]CCC)([CH2]CCC)[CH2]CCC)c1. The van der Waals surface area contributed by atoms with Crippen molar-refractivity contribution in [3.05, 3.63) is 54.2 Å². The first-order valence-electron chi connectivity index (χ1n) is 14.3. The molecule has 0 spiro atoms. The van der Waals surface area contributed by atoms with Gasteiger partial charge in [0, 0.05) is 0 Å². The number of aromatic nitrogens is 1. The van der Waals surface area contributed by atoms with Gasteiger partial charge < -0.3 is 0 Å². The molecule has 1 aromatic carbocycles. The zero-order valence-electron chi connectivity index (χ0n) is 23.8. The van der Waals surface area contributed by atoms with Gasteiger partial charge in [-0.25, -0.2) is 0 Å². The van der Waals surface area contributed by atoms with E-state index in [1.807, 2.05) is 18.3 Å². The van der Waals surface area contributed by atoms with Crippen LogP contribution in [0.5, 0.6) is 11.6 Å². The van der Waals surface area contributed by atoms with Gasteiger partial charge >= 0.3 is 234 Å². The van der Waals surface area contributed by atoms with E-state index < -0.39 is 25.1 Å². The predicted octanol–water partition coefficient (Wildman–Crippen LogP) is 7.29. The molecule has 5 nitrogen and oxygen atoms in total. The minimum atomic E-state index is -2.90. The Balaban J connectivity index is 2.38. The molecule has 1 N–H and O–H groups in total. The molecule has 0 saturated heterocycles. The molecule has 0 fully saturated rings. The summed E-state index contributed by atoms with van der Waals surface area (Å²) in [6.45, 7) is 12.5. The normalized spacial score (nSPS) is 11.6. The Morgan fingerprint density at radius 3 is 1.95 bits per heavy atom. The zero-order chi connectivity index (χ0) is 27.6. The third kappa shape index (κ3) is 10.5. The molecule has 38 heavy (non-hydrogen) atoms. The summed E-state index contributed by atoms with van der Waals surface area (Å²) in [4.78, 5) is 4.89. The standard InChI is InChI=1S/C19H21FNO4.3C4H9.Sn/c1-15(16-2-5-18(22)6-3-16)17-4-7-19(21-14-17)25-13-12-24-11-10-23-9-8-20;3*1-3-4-2;/h2-6,14,22H,1,8-13H2;3*1,3-4H2,2H3;. The van der Waals surface area contributed by atoms with Gasteiger partial charge in [-0.05, 0) is 0 Å². The van der Waals surface area contributed by atoms with Crippen LogP contribution in [0.15, 0.2) is 43.1 Å². The number of nitrogens with zero attached hydrogens (tertiary/aromatic N) is 1. The van der Waals surface area contributed by atoms with Crippen LogP contribution in [0.3, 0.4) is 0 Å². The van der Waals surface area contributed by atoms with Crippen LogP contribution in [0.25, 0.3) is 5.57 Å². The maximum atomic E-state index is 12.2. The molecule has 0 bridgehead atoms. The molecule has 2 aromatic rings. The summed E-state index contributed by atoms with van der Waals surface area (Å²) in [6, 6.07) is 9.53. The quantitative estimate of drug-likeness (QED) is 0.115. The Bertz CT molecular complexity index is 916. The van der Waals surface area contributed by atoms with Gasteiger partial charge in [-0.2, -0.15) is 0 Å². The number of hydrogen-bond acceptors (Lipinski definition) is 5. The summed E-state index contributed by atoms with van der Waals surface area (Å²) in [5.74, 6) is 1.01. The molecule has 7 heteroatoms. The van der Waals surface area contributed by atoms with Crippen LogP contribution >= 0.6 is 0 Å². The Hall–Kier alpha value is -1.64. The number of alkyl halides is 1. The summed E-state index contributed by atoms with van der Waals surface area (Å²) >= 11 is -2.90. The average molecular weight is 636 g/mol. The molecule has 0 unspecified atom stereocenters. The fraction of sp³-hybridized carbons (Fsp3) is 0.581. The topological polar surface area (TPSA) is 60.8 Å². The van der Waals surface area contributed by atoms with E-state index >= 15 is 0 Å². The first-order chi connectivity index (χ1) is 18.5. The van der Waals surface area contributed by atoms with Crippen LogP contribution in [-0.4, -0.2) is 68.2 Å². The van der Waals surface area contributed by atoms with Gasteiger partial charge in [-0.15, -0.1) is 0 Å². The van der Waals surface area contributed by atoms with E-state index in [-0.39, 0.29) is 12.4 Å². The Morgan fingerprint density at radius 2 is 1.39 bits per heavy atom. The third-order valence-electron chi connectivity index (χ3n) is 7.07. The second kappa shape index (κ2) is 18.6. The summed E-state index contributed by atoms with van der Waals surface area (Å²) < 4.78 is 34.5. The van der Waals surface area contributed by atoms with Gasteiger partial charge in [-0.3, -0.25) is 0 Å². The molecule has 0 atom stereocenters. The Labute approximate surface area is 233 Å². The number of unbranched alkanes of at least 4 members (excludes halogenated alkanes) is 3. The number of pyridine rings is 1. The van der Waals surface area contributed by atoms with Crippen molar-refractivity contribution in [1.29, 1.82) is 0 Å². The van der Waals surface area contributed by atoms with Gasteiger partial charge in [0.15, 0.2) is 0 Å².